The van der Waals surface area contributed by atoms with Gasteiger partial charge < -0.3 is 14.7 Å². The molecule has 0 saturated heterocycles. The van der Waals surface area contributed by atoms with Crippen molar-refractivity contribution in [3.63, 3.8) is 0 Å². The Labute approximate surface area is 120 Å². The maximum absolute atomic E-state index is 12.4. The van der Waals surface area contributed by atoms with E-state index in [1.54, 1.807) is 4.90 Å². The average Bonchev–Trinajstić information content (AvgIpc) is 3.16. The molecule has 1 aromatic rings. The highest BCUT2D eigenvalue weighted by molar-refractivity contribution is 9.10. The lowest BCUT2D eigenvalue weighted by Gasteiger charge is -2.35. The Morgan fingerprint density at radius 1 is 1.53 bits per heavy atom. The third-order valence-corrected chi connectivity index (χ3v) is 4.56. The zero-order valence-corrected chi connectivity index (χ0v) is 12.3. The highest BCUT2D eigenvalue weighted by atomic mass is 79.9. The maximum atomic E-state index is 12.4. The Hall–Kier alpha value is -0.910. The van der Waals surface area contributed by atoms with Crippen LogP contribution in [0.25, 0.3) is 0 Å². The fraction of sp³-hybridized carbons (Fsp3) is 0.500. The first-order chi connectivity index (χ1) is 9.05. The second-order valence-corrected chi connectivity index (χ2v) is 6.26. The van der Waals surface area contributed by atoms with Crippen molar-refractivity contribution in [2.24, 2.45) is 0 Å². The maximum Gasteiger partial charge on any atom is 0.254 e. The van der Waals surface area contributed by atoms with E-state index in [1.165, 1.54) is 7.11 Å². The SMILES string of the molecule is COC(O)CN1CC2(CC2)c2cc(Br)ccc2C1=O. The second-order valence-electron chi connectivity index (χ2n) is 5.35. The van der Waals surface area contributed by atoms with E-state index in [0.29, 0.717) is 6.54 Å². The number of amides is 1. The molecule has 1 amide bonds. The Balaban J connectivity index is 1.95. The van der Waals surface area contributed by atoms with E-state index in [9.17, 15) is 9.90 Å². The number of carbonyl (C=O) groups excluding carboxylic acids is 1. The standard InChI is InChI=1S/C14H16BrNO3/c1-19-12(17)7-16-8-14(4-5-14)11-6-9(15)2-3-10(11)13(16)18/h2-3,6,12,17H,4-5,7-8H2,1H3. The van der Waals surface area contributed by atoms with Crippen LogP contribution < -0.4 is 0 Å². The van der Waals surface area contributed by atoms with Crippen LogP contribution in [0.2, 0.25) is 0 Å². The molecule has 1 N–H and O–H groups in total. The van der Waals surface area contributed by atoms with Crippen LogP contribution in [0.3, 0.4) is 0 Å². The van der Waals surface area contributed by atoms with E-state index in [2.05, 4.69) is 22.0 Å². The van der Waals surface area contributed by atoms with Crippen LogP contribution >= 0.6 is 15.9 Å². The van der Waals surface area contributed by atoms with Gasteiger partial charge >= 0.3 is 0 Å². The topological polar surface area (TPSA) is 49.8 Å². The molecule has 1 spiro atoms. The molecule has 1 aliphatic heterocycles. The number of methoxy groups -OCH3 is 1. The summed E-state index contributed by atoms with van der Waals surface area (Å²) in [5.41, 5.74) is 2.01. The van der Waals surface area contributed by atoms with Crippen molar-refractivity contribution >= 4 is 21.8 Å². The number of rotatable bonds is 3. The largest absolute Gasteiger partial charge is 0.366 e. The van der Waals surface area contributed by atoms with E-state index in [1.807, 2.05) is 12.1 Å². The summed E-state index contributed by atoms with van der Waals surface area (Å²) in [7, 11) is 1.44. The first-order valence-corrected chi connectivity index (χ1v) is 7.15. The number of ether oxygens (including phenoxy) is 1. The molecular formula is C14H16BrNO3. The van der Waals surface area contributed by atoms with Gasteiger partial charge in [-0.1, -0.05) is 15.9 Å². The van der Waals surface area contributed by atoms with Crippen LogP contribution in [0.15, 0.2) is 22.7 Å². The number of fused-ring (bicyclic) bond motifs is 2. The number of halogens is 1. The molecule has 1 saturated carbocycles. The number of aliphatic hydroxyl groups is 1. The lowest BCUT2D eigenvalue weighted by Crippen LogP contribution is -2.46. The number of hydrogen-bond acceptors (Lipinski definition) is 3. The first kappa shape index (κ1) is 13.1. The van der Waals surface area contributed by atoms with Crippen LogP contribution in [0.5, 0.6) is 0 Å². The van der Waals surface area contributed by atoms with E-state index >= 15 is 0 Å². The summed E-state index contributed by atoms with van der Waals surface area (Å²) < 4.78 is 5.86. The summed E-state index contributed by atoms with van der Waals surface area (Å²) in [5.74, 6) is -0.0175. The van der Waals surface area contributed by atoms with Gasteiger partial charge in [0.1, 0.15) is 0 Å². The molecule has 4 nitrogen and oxygen atoms in total. The monoisotopic (exact) mass is 325 g/mol. The molecule has 1 fully saturated rings. The number of aliphatic hydroxyl groups excluding tert-OH is 1. The molecule has 1 heterocycles. The molecule has 5 heteroatoms. The fourth-order valence-corrected chi connectivity index (χ4v) is 3.18. The molecule has 102 valence electrons. The predicted molar refractivity (Wildman–Crippen MR) is 74.0 cm³/mol. The molecule has 1 atom stereocenters. The summed E-state index contributed by atoms with van der Waals surface area (Å²) in [6, 6.07) is 5.82. The van der Waals surface area contributed by atoms with Crippen LogP contribution in [0, 0.1) is 0 Å². The predicted octanol–water partition coefficient (Wildman–Crippen LogP) is 1.90. The summed E-state index contributed by atoms with van der Waals surface area (Å²) in [6.07, 6.45) is 1.28. The number of β-amino-alcohol motifs (C(OH)–C–C–N with tert-alkyl or cyclic N) is 1. The Kier molecular flexibility index (Phi) is 3.15. The normalized spacial score (nSPS) is 21.4. The smallest absolute Gasteiger partial charge is 0.254 e. The molecule has 1 unspecified atom stereocenters. The summed E-state index contributed by atoms with van der Waals surface area (Å²) in [5, 5.41) is 9.59. The molecule has 0 aromatic heterocycles. The van der Waals surface area contributed by atoms with Crippen molar-refractivity contribution in [3.8, 4) is 0 Å². The van der Waals surface area contributed by atoms with Crippen molar-refractivity contribution in [1.82, 2.24) is 4.90 Å². The van der Waals surface area contributed by atoms with Gasteiger partial charge in [0.2, 0.25) is 0 Å². The van der Waals surface area contributed by atoms with Crippen LogP contribution in [0.1, 0.15) is 28.8 Å². The zero-order valence-electron chi connectivity index (χ0n) is 10.7. The van der Waals surface area contributed by atoms with Crippen molar-refractivity contribution in [1.29, 1.82) is 0 Å². The minimum atomic E-state index is -0.920. The lowest BCUT2D eigenvalue weighted by atomic mass is 9.86. The van der Waals surface area contributed by atoms with Gasteiger partial charge in [-0.15, -0.1) is 0 Å². The van der Waals surface area contributed by atoms with Gasteiger partial charge in [0.05, 0.1) is 6.54 Å². The molecule has 0 radical (unpaired) electrons. The summed E-state index contributed by atoms with van der Waals surface area (Å²) in [6.45, 7) is 0.905. The zero-order chi connectivity index (χ0) is 13.6. The van der Waals surface area contributed by atoms with Crippen molar-refractivity contribution in [3.05, 3.63) is 33.8 Å². The highest BCUT2D eigenvalue weighted by Gasteiger charge is 2.51. The van der Waals surface area contributed by atoms with Gasteiger partial charge in [-0.05, 0) is 36.6 Å². The number of benzene rings is 1. The van der Waals surface area contributed by atoms with Crippen molar-refractivity contribution in [2.75, 3.05) is 20.2 Å². The second kappa shape index (κ2) is 4.58. The summed E-state index contributed by atoms with van der Waals surface area (Å²) in [4.78, 5) is 14.1. The lowest BCUT2D eigenvalue weighted by molar-refractivity contribution is -0.0873. The third kappa shape index (κ3) is 2.20. The van der Waals surface area contributed by atoms with Gasteiger partial charge in [0.15, 0.2) is 6.29 Å². The molecule has 0 bridgehead atoms. The van der Waals surface area contributed by atoms with Gasteiger partial charge in [-0.2, -0.15) is 0 Å². The average molecular weight is 326 g/mol. The molecular weight excluding hydrogens is 310 g/mol. The fourth-order valence-electron chi connectivity index (χ4n) is 2.82. The number of hydrogen-bond donors (Lipinski definition) is 1. The van der Waals surface area contributed by atoms with Crippen LogP contribution in [-0.4, -0.2) is 42.4 Å². The Morgan fingerprint density at radius 3 is 2.89 bits per heavy atom. The van der Waals surface area contributed by atoms with E-state index in [-0.39, 0.29) is 17.9 Å². The first-order valence-electron chi connectivity index (χ1n) is 6.36. The Morgan fingerprint density at radius 2 is 2.26 bits per heavy atom. The molecule has 19 heavy (non-hydrogen) atoms. The van der Waals surface area contributed by atoms with Gasteiger partial charge in [0, 0.05) is 29.1 Å². The van der Waals surface area contributed by atoms with Crippen molar-refractivity contribution in [2.45, 2.75) is 24.5 Å². The molecule has 1 aromatic carbocycles. The number of nitrogens with zero attached hydrogens (tertiary/aromatic N) is 1. The molecule has 1 aliphatic carbocycles. The quantitative estimate of drug-likeness (QED) is 0.863. The van der Waals surface area contributed by atoms with Gasteiger partial charge in [-0.3, -0.25) is 4.79 Å². The number of carbonyl (C=O) groups is 1. The van der Waals surface area contributed by atoms with Gasteiger partial charge in [-0.25, -0.2) is 0 Å². The third-order valence-electron chi connectivity index (χ3n) is 4.07. The summed E-state index contributed by atoms with van der Waals surface area (Å²) >= 11 is 3.47. The highest BCUT2D eigenvalue weighted by Crippen LogP contribution is 2.52. The van der Waals surface area contributed by atoms with Gasteiger partial charge in [0.25, 0.3) is 5.91 Å². The van der Waals surface area contributed by atoms with E-state index in [0.717, 1.165) is 28.4 Å². The van der Waals surface area contributed by atoms with Crippen LogP contribution in [-0.2, 0) is 10.2 Å². The van der Waals surface area contributed by atoms with Crippen LogP contribution in [0.4, 0.5) is 0 Å². The Bertz CT molecular complexity index is 527. The van der Waals surface area contributed by atoms with E-state index in [4.69, 9.17) is 4.74 Å². The minimum absolute atomic E-state index is 0.0175. The minimum Gasteiger partial charge on any atom is -0.366 e. The van der Waals surface area contributed by atoms with Crippen molar-refractivity contribution < 1.29 is 14.6 Å². The molecule has 3 rings (SSSR count). The van der Waals surface area contributed by atoms with E-state index < -0.39 is 6.29 Å². The molecule has 2 aliphatic rings.